The van der Waals surface area contributed by atoms with E-state index in [-0.39, 0.29) is 0 Å². The van der Waals surface area contributed by atoms with Gasteiger partial charge in [0, 0.05) is 11.9 Å². The average Bonchev–Trinajstić information content (AvgIpc) is 3.45. The van der Waals surface area contributed by atoms with Crippen molar-refractivity contribution in [3.8, 4) is 5.75 Å². The Kier molecular flexibility index (Phi) is 5.57. The summed E-state index contributed by atoms with van der Waals surface area (Å²) in [6.07, 6.45) is 7.09. The Bertz CT molecular complexity index is 935. The zero-order chi connectivity index (χ0) is 19.5. The van der Waals surface area contributed by atoms with Crippen LogP contribution < -0.4 is 10.5 Å². The fourth-order valence-corrected chi connectivity index (χ4v) is 3.73. The SMILES string of the molecule is COc1cccc2c1nc(N)n1ncnc21.FC(CN1CCCCC1)C1CC1. The number of para-hydroxylation sites is 1. The summed E-state index contributed by atoms with van der Waals surface area (Å²) in [6.45, 7) is 2.98. The van der Waals surface area contributed by atoms with Crippen molar-refractivity contribution in [1.82, 2.24) is 24.5 Å². The summed E-state index contributed by atoms with van der Waals surface area (Å²) in [5.41, 5.74) is 7.16. The molecule has 0 spiro atoms. The molecule has 150 valence electrons. The van der Waals surface area contributed by atoms with E-state index in [1.165, 1.54) is 30.1 Å². The highest BCUT2D eigenvalue weighted by Gasteiger charge is 2.32. The molecule has 8 heteroatoms. The van der Waals surface area contributed by atoms with Crippen LogP contribution in [0.5, 0.6) is 5.75 Å². The van der Waals surface area contributed by atoms with Gasteiger partial charge in [0.05, 0.1) is 7.11 Å². The lowest BCUT2D eigenvalue weighted by molar-refractivity contribution is 0.154. The third-order valence-corrected chi connectivity index (χ3v) is 5.47. The van der Waals surface area contributed by atoms with Crippen molar-refractivity contribution in [3.05, 3.63) is 24.5 Å². The number of alkyl halides is 1. The van der Waals surface area contributed by atoms with Gasteiger partial charge in [-0.15, -0.1) is 0 Å². The molecule has 3 aromatic rings. The van der Waals surface area contributed by atoms with Crippen molar-refractivity contribution < 1.29 is 9.13 Å². The number of nitrogen functional groups attached to an aromatic ring is 1. The molecule has 1 aromatic carbocycles. The number of rotatable bonds is 4. The molecule has 7 nitrogen and oxygen atoms in total. The summed E-state index contributed by atoms with van der Waals surface area (Å²) in [6, 6.07) is 5.63. The lowest BCUT2D eigenvalue weighted by atomic mass is 10.1. The van der Waals surface area contributed by atoms with Crippen LogP contribution >= 0.6 is 0 Å². The number of nitrogens with two attached hydrogens (primary N) is 1. The lowest BCUT2D eigenvalue weighted by Crippen LogP contribution is -2.35. The smallest absolute Gasteiger partial charge is 0.223 e. The molecule has 5 rings (SSSR count). The van der Waals surface area contributed by atoms with Crippen LogP contribution in [-0.2, 0) is 0 Å². The highest BCUT2D eigenvalue weighted by Crippen LogP contribution is 2.35. The second-order valence-electron chi connectivity index (χ2n) is 7.54. The van der Waals surface area contributed by atoms with Crippen LogP contribution in [0.1, 0.15) is 32.1 Å². The monoisotopic (exact) mass is 386 g/mol. The Hall–Kier alpha value is -2.48. The van der Waals surface area contributed by atoms with Gasteiger partial charge in [-0.2, -0.15) is 9.61 Å². The van der Waals surface area contributed by atoms with Crippen LogP contribution in [0.3, 0.4) is 0 Å². The first-order valence-corrected chi connectivity index (χ1v) is 9.95. The van der Waals surface area contributed by atoms with E-state index in [2.05, 4.69) is 20.0 Å². The number of hydrogen-bond donors (Lipinski definition) is 1. The lowest BCUT2D eigenvalue weighted by Gasteiger charge is -2.27. The molecule has 3 heterocycles. The summed E-state index contributed by atoms with van der Waals surface area (Å²) < 4.78 is 20.1. The Morgan fingerprint density at radius 1 is 1.25 bits per heavy atom. The number of methoxy groups -OCH3 is 1. The fraction of sp³-hybridized carbons (Fsp3) is 0.550. The first-order valence-electron chi connectivity index (χ1n) is 9.95. The van der Waals surface area contributed by atoms with E-state index in [0.29, 0.717) is 35.3 Å². The van der Waals surface area contributed by atoms with E-state index in [1.807, 2.05) is 18.2 Å². The second kappa shape index (κ2) is 8.26. The highest BCUT2D eigenvalue weighted by molar-refractivity contribution is 5.95. The predicted molar refractivity (Wildman–Crippen MR) is 107 cm³/mol. The summed E-state index contributed by atoms with van der Waals surface area (Å²) in [4.78, 5) is 10.7. The molecule has 2 N–H and O–H groups in total. The minimum Gasteiger partial charge on any atom is -0.494 e. The summed E-state index contributed by atoms with van der Waals surface area (Å²) in [5.74, 6) is 1.39. The Balaban J connectivity index is 0.000000143. The van der Waals surface area contributed by atoms with Crippen molar-refractivity contribution in [1.29, 1.82) is 0 Å². The number of halogens is 1. The Morgan fingerprint density at radius 2 is 2.04 bits per heavy atom. The number of aromatic nitrogens is 4. The van der Waals surface area contributed by atoms with Crippen molar-refractivity contribution in [2.45, 2.75) is 38.3 Å². The maximum atomic E-state index is 13.3. The molecule has 1 aliphatic heterocycles. The molecule has 1 saturated heterocycles. The molecule has 0 bridgehead atoms. The largest absolute Gasteiger partial charge is 0.494 e. The molecular weight excluding hydrogens is 359 g/mol. The van der Waals surface area contributed by atoms with Crippen LogP contribution in [0.25, 0.3) is 16.6 Å². The number of piperidine rings is 1. The zero-order valence-electron chi connectivity index (χ0n) is 16.2. The van der Waals surface area contributed by atoms with Gasteiger partial charge in [0.25, 0.3) is 0 Å². The summed E-state index contributed by atoms with van der Waals surface area (Å²) in [5, 5.41) is 4.87. The van der Waals surface area contributed by atoms with E-state index in [4.69, 9.17) is 10.5 Å². The minimum absolute atomic E-state index is 0.296. The Labute approximate surface area is 163 Å². The minimum atomic E-state index is -0.525. The second-order valence-corrected chi connectivity index (χ2v) is 7.54. The van der Waals surface area contributed by atoms with E-state index in [9.17, 15) is 4.39 Å². The quantitative estimate of drug-likeness (QED) is 0.742. The van der Waals surface area contributed by atoms with Crippen LogP contribution in [-0.4, -0.2) is 57.4 Å². The van der Waals surface area contributed by atoms with Gasteiger partial charge in [0.1, 0.15) is 23.8 Å². The number of nitrogens with zero attached hydrogens (tertiary/aromatic N) is 5. The van der Waals surface area contributed by atoms with Gasteiger partial charge in [-0.3, -0.25) is 0 Å². The topological polar surface area (TPSA) is 81.6 Å². The number of hydrogen-bond acceptors (Lipinski definition) is 6. The maximum Gasteiger partial charge on any atom is 0.223 e. The van der Waals surface area contributed by atoms with Gasteiger partial charge in [0.15, 0.2) is 5.65 Å². The van der Waals surface area contributed by atoms with Crippen LogP contribution in [0, 0.1) is 5.92 Å². The first-order chi connectivity index (χ1) is 13.7. The molecule has 0 amide bonds. The number of ether oxygens (including phenoxy) is 1. The Morgan fingerprint density at radius 3 is 2.75 bits per heavy atom. The molecule has 1 unspecified atom stereocenters. The van der Waals surface area contributed by atoms with Crippen molar-refractivity contribution in [2.75, 3.05) is 32.5 Å². The van der Waals surface area contributed by atoms with E-state index in [0.717, 1.165) is 31.3 Å². The van der Waals surface area contributed by atoms with E-state index in [1.54, 1.807) is 7.11 Å². The zero-order valence-corrected chi connectivity index (χ0v) is 16.2. The van der Waals surface area contributed by atoms with E-state index < -0.39 is 6.17 Å². The van der Waals surface area contributed by atoms with Gasteiger partial charge >= 0.3 is 0 Å². The maximum absolute atomic E-state index is 13.3. The number of benzene rings is 1. The average molecular weight is 386 g/mol. The van der Waals surface area contributed by atoms with Gasteiger partial charge < -0.3 is 15.4 Å². The van der Waals surface area contributed by atoms with Crippen molar-refractivity contribution in [3.63, 3.8) is 0 Å². The molecular formula is C20H27FN6O. The predicted octanol–water partition coefficient (Wildman–Crippen LogP) is 3.09. The number of likely N-dealkylation sites (tertiary alicyclic amines) is 1. The summed E-state index contributed by atoms with van der Waals surface area (Å²) >= 11 is 0. The normalized spacial score (nSPS) is 18.6. The number of fused-ring (bicyclic) bond motifs is 3. The third kappa shape index (κ3) is 4.01. The van der Waals surface area contributed by atoms with E-state index >= 15 is 0 Å². The van der Waals surface area contributed by atoms with Crippen LogP contribution in [0.4, 0.5) is 10.3 Å². The summed E-state index contributed by atoms with van der Waals surface area (Å²) in [7, 11) is 1.60. The van der Waals surface area contributed by atoms with Crippen LogP contribution in [0.15, 0.2) is 24.5 Å². The molecule has 2 aliphatic rings. The van der Waals surface area contributed by atoms with Crippen molar-refractivity contribution in [2.24, 2.45) is 5.92 Å². The molecule has 1 atom stereocenters. The van der Waals surface area contributed by atoms with Crippen molar-refractivity contribution >= 4 is 22.5 Å². The third-order valence-electron chi connectivity index (χ3n) is 5.47. The highest BCUT2D eigenvalue weighted by atomic mass is 19.1. The van der Waals surface area contributed by atoms with Gasteiger partial charge in [-0.05, 0) is 56.8 Å². The molecule has 0 radical (unpaired) electrons. The van der Waals surface area contributed by atoms with Gasteiger partial charge in [-0.1, -0.05) is 12.5 Å². The number of anilines is 1. The molecule has 2 aromatic heterocycles. The standard InChI is InChI=1S/C10H18FN.C10H9N5O/c11-10(9-4-5-9)8-12-6-2-1-3-7-12;1-16-7-4-2-3-6-8(7)14-10(11)15-9(6)12-5-13-15/h9-10H,1-8H2;2-5H,1H3,(H2,11,14). The van der Waals surface area contributed by atoms with Gasteiger partial charge in [0.2, 0.25) is 5.95 Å². The molecule has 1 aliphatic carbocycles. The molecule has 1 saturated carbocycles. The first kappa shape index (κ1) is 18.9. The van der Waals surface area contributed by atoms with Gasteiger partial charge in [-0.25, -0.2) is 14.4 Å². The molecule has 28 heavy (non-hydrogen) atoms. The van der Waals surface area contributed by atoms with Crippen LogP contribution in [0.2, 0.25) is 0 Å². The fourth-order valence-electron chi connectivity index (χ4n) is 3.73. The molecule has 2 fully saturated rings.